The van der Waals surface area contributed by atoms with Gasteiger partial charge in [-0.3, -0.25) is 4.79 Å². The minimum atomic E-state index is -0.637. The fourth-order valence-electron chi connectivity index (χ4n) is 2.37. The van der Waals surface area contributed by atoms with Gasteiger partial charge in [-0.15, -0.1) is 0 Å². The highest BCUT2D eigenvalue weighted by Crippen LogP contribution is 2.20. The molecule has 0 radical (unpaired) electrons. The number of rotatable bonds is 7. The second-order valence-electron chi connectivity index (χ2n) is 5.57. The van der Waals surface area contributed by atoms with E-state index in [1.807, 2.05) is 19.1 Å². The van der Waals surface area contributed by atoms with Crippen LogP contribution in [0.2, 0.25) is 0 Å². The fourth-order valence-corrected chi connectivity index (χ4v) is 2.37. The van der Waals surface area contributed by atoms with Gasteiger partial charge in [0, 0.05) is 6.08 Å². The highest BCUT2D eigenvalue weighted by molar-refractivity contribution is 6.07. The van der Waals surface area contributed by atoms with Gasteiger partial charge in [-0.05, 0) is 48.9 Å². The van der Waals surface area contributed by atoms with Gasteiger partial charge in [0.1, 0.15) is 5.75 Å². The number of carbonyl (C=O) groups is 3. The molecule has 2 aromatic rings. The fraction of sp³-hybridized carbons (Fsp3) is 0.190. The number of amides is 1. The van der Waals surface area contributed by atoms with E-state index >= 15 is 0 Å². The van der Waals surface area contributed by atoms with Crippen molar-refractivity contribution in [3.05, 3.63) is 65.2 Å². The molecule has 1 N–H and O–H groups in total. The van der Waals surface area contributed by atoms with E-state index in [1.54, 1.807) is 18.2 Å². The maximum atomic E-state index is 12.3. The molecular formula is C21H21NO6. The van der Waals surface area contributed by atoms with Crippen molar-refractivity contribution >= 4 is 29.6 Å². The summed E-state index contributed by atoms with van der Waals surface area (Å²) in [6, 6.07) is 11.4. The zero-order chi connectivity index (χ0) is 20.5. The van der Waals surface area contributed by atoms with Gasteiger partial charge in [0.2, 0.25) is 5.91 Å². The summed E-state index contributed by atoms with van der Waals surface area (Å²) >= 11 is 0. The molecule has 28 heavy (non-hydrogen) atoms. The molecular weight excluding hydrogens is 362 g/mol. The first-order valence-corrected chi connectivity index (χ1v) is 8.51. The summed E-state index contributed by atoms with van der Waals surface area (Å²) in [6.07, 6.45) is 2.94. The highest BCUT2D eigenvalue weighted by Gasteiger charge is 2.16. The number of hydrogen-bond donors (Lipinski definition) is 1. The van der Waals surface area contributed by atoms with E-state index in [4.69, 9.17) is 9.47 Å². The number of esters is 2. The second-order valence-corrected chi connectivity index (χ2v) is 5.57. The predicted molar refractivity (Wildman–Crippen MR) is 104 cm³/mol. The number of anilines is 1. The molecule has 146 valence electrons. The Kier molecular flexibility index (Phi) is 7.33. The standard InChI is InChI=1S/C21H21NO6/c1-4-28-16-9-5-14(6-10-16)7-12-19(23)22-18-13-15(20(24)26-2)8-11-17(18)21(25)27-3/h5-13H,4H2,1-3H3,(H,22,23)/b12-7+. The van der Waals surface area contributed by atoms with E-state index in [1.165, 1.54) is 38.5 Å². The molecule has 0 aromatic heterocycles. The third-order valence-corrected chi connectivity index (χ3v) is 3.72. The summed E-state index contributed by atoms with van der Waals surface area (Å²) in [7, 11) is 2.47. The minimum Gasteiger partial charge on any atom is -0.494 e. The molecule has 0 aliphatic rings. The third-order valence-electron chi connectivity index (χ3n) is 3.72. The first-order valence-electron chi connectivity index (χ1n) is 8.51. The first kappa shape index (κ1) is 20.7. The Morgan fingerprint density at radius 1 is 0.964 bits per heavy atom. The smallest absolute Gasteiger partial charge is 0.339 e. The maximum Gasteiger partial charge on any atom is 0.339 e. The number of hydrogen-bond acceptors (Lipinski definition) is 6. The summed E-state index contributed by atoms with van der Waals surface area (Å²) in [6.45, 7) is 2.47. The molecule has 0 saturated heterocycles. The molecule has 0 bridgehead atoms. The van der Waals surface area contributed by atoms with E-state index in [-0.39, 0.29) is 16.8 Å². The van der Waals surface area contributed by atoms with Crippen LogP contribution in [0.25, 0.3) is 6.08 Å². The lowest BCUT2D eigenvalue weighted by molar-refractivity contribution is -0.111. The summed E-state index contributed by atoms with van der Waals surface area (Å²) < 4.78 is 14.7. The Morgan fingerprint density at radius 3 is 2.25 bits per heavy atom. The van der Waals surface area contributed by atoms with Gasteiger partial charge in [0.05, 0.1) is 37.6 Å². The quantitative estimate of drug-likeness (QED) is 0.583. The molecule has 0 heterocycles. The van der Waals surface area contributed by atoms with Crippen LogP contribution in [0.1, 0.15) is 33.2 Å². The van der Waals surface area contributed by atoms with Crippen LogP contribution in [0.15, 0.2) is 48.5 Å². The Balaban J connectivity index is 2.18. The van der Waals surface area contributed by atoms with Crippen LogP contribution in [0.4, 0.5) is 5.69 Å². The summed E-state index contributed by atoms with van der Waals surface area (Å²) in [4.78, 5) is 35.9. The van der Waals surface area contributed by atoms with E-state index in [2.05, 4.69) is 10.1 Å². The Hall–Kier alpha value is -3.61. The predicted octanol–water partition coefficient (Wildman–Crippen LogP) is 3.31. The lowest BCUT2D eigenvalue weighted by Crippen LogP contribution is -2.14. The van der Waals surface area contributed by atoms with Crippen molar-refractivity contribution < 1.29 is 28.6 Å². The van der Waals surface area contributed by atoms with Crippen molar-refractivity contribution in [1.29, 1.82) is 0 Å². The van der Waals surface area contributed by atoms with Crippen LogP contribution in [-0.4, -0.2) is 38.7 Å². The Morgan fingerprint density at radius 2 is 1.64 bits per heavy atom. The van der Waals surface area contributed by atoms with Gasteiger partial charge in [-0.1, -0.05) is 12.1 Å². The maximum absolute atomic E-state index is 12.3. The highest BCUT2D eigenvalue weighted by atomic mass is 16.5. The molecule has 0 aliphatic carbocycles. The molecule has 1 amide bonds. The van der Waals surface area contributed by atoms with Crippen LogP contribution >= 0.6 is 0 Å². The van der Waals surface area contributed by atoms with Crippen molar-refractivity contribution in [1.82, 2.24) is 0 Å². The molecule has 0 aliphatic heterocycles. The van der Waals surface area contributed by atoms with Gasteiger partial charge >= 0.3 is 11.9 Å². The van der Waals surface area contributed by atoms with Gasteiger partial charge in [-0.25, -0.2) is 9.59 Å². The van der Waals surface area contributed by atoms with Gasteiger partial charge in [0.25, 0.3) is 0 Å². The van der Waals surface area contributed by atoms with Crippen LogP contribution in [0.5, 0.6) is 5.75 Å². The van der Waals surface area contributed by atoms with Crippen molar-refractivity contribution in [2.45, 2.75) is 6.92 Å². The van der Waals surface area contributed by atoms with Crippen molar-refractivity contribution in [2.75, 3.05) is 26.1 Å². The zero-order valence-corrected chi connectivity index (χ0v) is 15.9. The van der Waals surface area contributed by atoms with Gasteiger partial charge in [-0.2, -0.15) is 0 Å². The average Bonchev–Trinajstić information content (AvgIpc) is 2.72. The summed E-state index contributed by atoms with van der Waals surface area (Å²) in [5.74, 6) is -0.952. The van der Waals surface area contributed by atoms with Gasteiger partial charge in [0.15, 0.2) is 0 Å². The van der Waals surface area contributed by atoms with Crippen molar-refractivity contribution in [2.24, 2.45) is 0 Å². The number of carbonyl (C=O) groups excluding carboxylic acids is 3. The van der Waals surface area contributed by atoms with E-state index in [0.717, 1.165) is 11.3 Å². The number of methoxy groups -OCH3 is 2. The number of nitrogens with one attached hydrogen (secondary N) is 1. The summed E-state index contributed by atoms with van der Waals surface area (Å²) in [5, 5.41) is 2.59. The van der Waals surface area contributed by atoms with E-state index < -0.39 is 17.8 Å². The lowest BCUT2D eigenvalue weighted by Gasteiger charge is -2.10. The molecule has 2 aromatic carbocycles. The van der Waals surface area contributed by atoms with Crippen molar-refractivity contribution in [3.63, 3.8) is 0 Å². The van der Waals surface area contributed by atoms with Crippen LogP contribution in [0, 0.1) is 0 Å². The van der Waals surface area contributed by atoms with Crippen LogP contribution in [0.3, 0.4) is 0 Å². The lowest BCUT2D eigenvalue weighted by atomic mass is 10.1. The minimum absolute atomic E-state index is 0.123. The molecule has 2 rings (SSSR count). The largest absolute Gasteiger partial charge is 0.494 e. The second kappa shape index (κ2) is 9.91. The number of benzene rings is 2. The molecule has 0 unspecified atom stereocenters. The number of ether oxygens (including phenoxy) is 3. The Bertz CT molecular complexity index is 886. The third kappa shape index (κ3) is 5.44. The normalized spacial score (nSPS) is 10.4. The van der Waals surface area contributed by atoms with Crippen LogP contribution in [-0.2, 0) is 14.3 Å². The van der Waals surface area contributed by atoms with Crippen molar-refractivity contribution in [3.8, 4) is 5.75 Å². The molecule has 7 nitrogen and oxygen atoms in total. The summed E-state index contributed by atoms with van der Waals surface area (Å²) in [5.41, 5.74) is 1.27. The van der Waals surface area contributed by atoms with Crippen LogP contribution < -0.4 is 10.1 Å². The molecule has 7 heteroatoms. The van der Waals surface area contributed by atoms with E-state index in [9.17, 15) is 14.4 Å². The first-order chi connectivity index (χ1) is 13.5. The average molecular weight is 383 g/mol. The SMILES string of the molecule is CCOc1ccc(/C=C/C(=O)Nc2cc(C(=O)OC)ccc2C(=O)OC)cc1. The zero-order valence-electron chi connectivity index (χ0n) is 15.9. The van der Waals surface area contributed by atoms with Gasteiger partial charge < -0.3 is 19.5 Å². The topological polar surface area (TPSA) is 90.9 Å². The monoisotopic (exact) mass is 383 g/mol. The molecule has 0 fully saturated rings. The molecule has 0 saturated carbocycles. The van der Waals surface area contributed by atoms with E-state index in [0.29, 0.717) is 6.61 Å². The molecule has 0 spiro atoms. The molecule has 0 atom stereocenters. The Labute approximate surface area is 162 Å².